The molecular formula is C30H37Cl2N5O5. The first-order chi connectivity index (χ1) is 20.4. The highest BCUT2D eigenvalue weighted by atomic mass is 35.5. The van der Waals surface area contributed by atoms with Gasteiger partial charge in [0.15, 0.2) is 0 Å². The van der Waals surface area contributed by atoms with Gasteiger partial charge in [0.2, 0.25) is 5.79 Å². The molecule has 10 nitrogen and oxygen atoms in total. The number of amides is 1. The Bertz CT molecular complexity index is 1290. The summed E-state index contributed by atoms with van der Waals surface area (Å²) >= 11 is 12.7. The van der Waals surface area contributed by atoms with E-state index in [1.807, 2.05) is 35.9 Å². The second-order valence-electron chi connectivity index (χ2n) is 10.4. The van der Waals surface area contributed by atoms with Crippen molar-refractivity contribution < 1.29 is 23.7 Å². The zero-order valence-corrected chi connectivity index (χ0v) is 25.2. The van der Waals surface area contributed by atoms with Crippen molar-refractivity contribution in [3.63, 3.8) is 0 Å². The molecule has 2 aliphatic rings. The molecule has 2 fully saturated rings. The van der Waals surface area contributed by atoms with Crippen LogP contribution in [0.15, 0.2) is 61.2 Å². The molecule has 0 spiro atoms. The quantitative estimate of drug-likeness (QED) is 0.310. The van der Waals surface area contributed by atoms with Crippen molar-refractivity contribution in [3.05, 3.63) is 76.8 Å². The maximum atomic E-state index is 11.6. The molecule has 0 radical (unpaired) electrons. The Labute approximate surface area is 256 Å². The van der Waals surface area contributed by atoms with Gasteiger partial charge in [-0.25, -0.2) is 9.78 Å². The number of nitrogens with one attached hydrogen (secondary N) is 1. The van der Waals surface area contributed by atoms with Crippen LogP contribution in [-0.2, 0) is 26.5 Å². The van der Waals surface area contributed by atoms with Crippen LogP contribution >= 0.6 is 23.2 Å². The summed E-state index contributed by atoms with van der Waals surface area (Å²) in [7, 11) is 0. The Morgan fingerprint density at radius 3 is 2.67 bits per heavy atom. The fourth-order valence-electron chi connectivity index (χ4n) is 5.11. The molecule has 0 saturated carbocycles. The summed E-state index contributed by atoms with van der Waals surface area (Å²) in [6.07, 6.45) is 5.47. The van der Waals surface area contributed by atoms with Gasteiger partial charge in [-0.3, -0.25) is 4.90 Å². The molecule has 12 heteroatoms. The van der Waals surface area contributed by atoms with Gasteiger partial charge in [0.25, 0.3) is 0 Å². The Morgan fingerprint density at radius 2 is 1.95 bits per heavy atom. The molecule has 1 aromatic heterocycles. The third kappa shape index (κ3) is 7.87. The minimum absolute atomic E-state index is 0.295. The molecule has 226 valence electrons. The third-order valence-electron chi connectivity index (χ3n) is 7.30. The van der Waals surface area contributed by atoms with Crippen molar-refractivity contribution in [3.8, 4) is 5.75 Å². The number of benzene rings is 2. The highest BCUT2D eigenvalue weighted by molar-refractivity contribution is 6.35. The normalized spacial score (nSPS) is 20.9. The number of alkyl carbamates (subject to hydrolysis) is 1. The van der Waals surface area contributed by atoms with Gasteiger partial charge in [-0.05, 0) is 42.8 Å². The smallest absolute Gasteiger partial charge is 0.407 e. The lowest BCUT2D eigenvalue weighted by Gasteiger charge is -2.36. The molecule has 2 aliphatic heterocycles. The van der Waals surface area contributed by atoms with Crippen LogP contribution in [0, 0.1) is 0 Å². The first-order valence-electron chi connectivity index (χ1n) is 14.3. The summed E-state index contributed by atoms with van der Waals surface area (Å²) in [5.41, 5.74) is 1.86. The van der Waals surface area contributed by atoms with Crippen molar-refractivity contribution in [1.29, 1.82) is 0 Å². The summed E-state index contributed by atoms with van der Waals surface area (Å²) in [4.78, 5) is 20.4. The number of anilines is 1. The van der Waals surface area contributed by atoms with E-state index in [2.05, 4.69) is 32.2 Å². The first-order valence-corrected chi connectivity index (χ1v) is 15.0. The van der Waals surface area contributed by atoms with E-state index < -0.39 is 5.79 Å². The number of nitrogens with zero attached hydrogens (tertiary/aromatic N) is 4. The number of imidazole rings is 1. The standard InChI is InChI=1S/C30H37Cl2N5O5/c1-2-17-39-29(38)34-10-12-35-13-15-37(16-14-35)24-4-6-25(7-5-24)40-19-26-20-41-30(42-26,21-36-11-9-33-22-36)27-8-3-23(31)18-28(27)32/h3-9,11,18,22,26H,2,10,12-17,19-21H2,1H3,(H,34,38). The monoisotopic (exact) mass is 617 g/mol. The zero-order chi connectivity index (χ0) is 29.4. The molecule has 1 amide bonds. The Kier molecular flexibility index (Phi) is 10.5. The topological polar surface area (TPSA) is 90.3 Å². The number of rotatable bonds is 12. The molecule has 3 aromatic rings. The van der Waals surface area contributed by atoms with E-state index in [4.69, 9.17) is 42.1 Å². The van der Waals surface area contributed by atoms with Crippen molar-refractivity contribution in [2.24, 2.45) is 0 Å². The molecule has 2 atom stereocenters. The number of ether oxygens (including phenoxy) is 4. The van der Waals surface area contributed by atoms with Gasteiger partial charge < -0.3 is 33.7 Å². The van der Waals surface area contributed by atoms with Crippen LogP contribution in [0.5, 0.6) is 5.75 Å². The minimum atomic E-state index is -1.09. The maximum Gasteiger partial charge on any atom is 0.407 e. The number of piperazine rings is 1. The van der Waals surface area contributed by atoms with Crippen molar-refractivity contribution >= 4 is 35.0 Å². The van der Waals surface area contributed by atoms with E-state index in [9.17, 15) is 4.79 Å². The Balaban J connectivity index is 1.10. The zero-order valence-electron chi connectivity index (χ0n) is 23.7. The van der Waals surface area contributed by atoms with Crippen molar-refractivity contribution in [2.75, 3.05) is 64.0 Å². The van der Waals surface area contributed by atoms with Gasteiger partial charge in [0.05, 0.1) is 31.1 Å². The maximum absolute atomic E-state index is 11.6. The Hall–Kier alpha value is -3.02. The summed E-state index contributed by atoms with van der Waals surface area (Å²) < 4.78 is 25.8. The predicted molar refractivity (Wildman–Crippen MR) is 161 cm³/mol. The number of aromatic nitrogens is 2. The van der Waals surface area contributed by atoms with Crippen LogP contribution in [-0.4, -0.2) is 85.7 Å². The van der Waals surface area contributed by atoms with Crippen molar-refractivity contribution in [2.45, 2.75) is 31.8 Å². The number of carbonyl (C=O) groups excluding carboxylic acids is 1. The van der Waals surface area contributed by atoms with E-state index in [1.165, 1.54) is 0 Å². The number of hydrogen-bond acceptors (Lipinski definition) is 8. The molecular weight excluding hydrogens is 581 g/mol. The molecule has 2 aromatic carbocycles. The molecule has 1 N–H and O–H groups in total. The molecule has 5 rings (SSSR count). The highest BCUT2D eigenvalue weighted by Gasteiger charge is 2.45. The number of hydrogen-bond donors (Lipinski definition) is 1. The van der Waals surface area contributed by atoms with Crippen LogP contribution in [0.25, 0.3) is 0 Å². The van der Waals surface area contributed by atoms with E-state index in [0.29, 0.717) is 48.5 Å². The van der Waals surface area contributed by atoms with Gasteiger partial charge in [-0.2, -0.15) is 0 Å². The third-order valence-corrected chi connectivity index (χ3v) is 7.84. The van der Waals surface area contributed by atoms with Gasteiger partial charge in [-0.15, -0.1) is 0 Å². The summed E-state index contributed by atoms with van der Waals surface area (Å²) in [6.45, 7) is 8.58. The molecule has 0 bridgehead atoms. The van der Waals surface area contributed by atoms with Crippen LogP contribution < -0.4 is 15.0 Å². The van der Waals surface area contributed by atoms with Crippen LogP contribution in [0.3, 0.4) is 0 Å². The largest absolute Gasteiger partial charge is 0.491 e. The van der Waals surface area contributed by atoms with E-state index >= 15 is 0 Å². The number of carbonyl (C=O) groups is 1. The van der Waals surface area contributed by atoms with E-state index in [1.54, 1.807) is 24.7 Å². The molecule has 0 aliphatic carbocycles. The summed E-state index contributed by atoms with van der Waals surface area (Å²) in [6, 6.07) is 13.4. The number of halogens is 2. The van der Waals surface area contributed by atoms with Crippen LogP contribution in [0.4, 0.5) is 10.5 Å². The van der Waals surface area contributed by atoms with E-state index in [-0.39, 0.29) is 12.2 Å². The lowest BCUT2D eigenvalue weighted by atomic mass is 10.1. The Morgan fingerprint density at radius 1 is 1.14 bits per heavy atom. The lowest BCUT2D eigenvalue weighted by molar-refractivity contribution is -0.189. The fraction of sp³-hybridized carbons (Fsp3) is 0.467. The van der Waals surface area contributed by atoms with Crippen molar-refractivity contribution in [1.82, 2.24) is 19.8 Å². The molecule has 3 heterocycles. The SMILES string of the molecule is CCCOC(=O)NCCN1CCN(c2ccc(OCC3COC(Cn4ccnc4)(c4ccc(Cl)cc4Cl)O3)cc2)CC1. The minimum Gasteiger partial charge on any atom is -0.491 e. The summed E-state index contributed by atoms with van der Waals surface area (Å²) in [5.74, 6) is -0.324. The lowest BCUT2D eigenvalue weighted by Crippen LogP contribution is -2.48. The fourth-order valence-corrected chi connectivity index (χ4v) is 5.66. The van der Waals surface area contributed by atoms with Gasteiger partial charge in [0.1, 0.15) is 18.5 Å². The average molecular weight is 619 g/mol. The average Bonchev–Trinajstić information content (AvgIpc) is 3.66. The van der Waals surface area contributed by atoms with Gasteiger partial charge in [-0.1, -0.05) is 36.2 Å². The van der Waals surface area contributed by atoms with Gasteiger partial charge in [0, 0.05) is 67.9 Å². The molecule has 2 unspecified atom stereocenters. The van der Waals surface area contributed by atoms with Crippen LogP contribution in [0.2, 0.25) is 10.0 Å². The highest BCUT2D eigenvalue weighted by Crippen LogP contribution is 2.40. The first kappa shape index (κ1) is 30.4. The summed E-state index contributed by atoms with van der Waals surface area (Å²) in [5, 5.41) is 3.83. The predicted octanol–water partition coefficient (Wildman–Crippen LogP) is 4.80. The van der Waals surface area contributed by atoms with Crippen LogP contribution in [0.1, 0.15) is 18.9 Å². The second kappa shape index (κ2) is 14.4. The van der Waals surface area contributed by atoms with Gasteiger partial charge >= 0.3 is 6.09 Å². The second-order valence-corrected chi connectivity index (χ2v) is 11.2. The molecule has 42 heavy (non-hydrogen) atoms. The van der Waals surface area contributed by atoms with E-state index in [0.717, 1.165) is 50.6 Å². The molecule has 2 saturated heterocycles.